The molecule has 4 saturated carbocycles. The molecule has 5 aliphatic rings. The third kappa shape index (κ3) is 2.61. The topological polar surface area (TPSA) is 54.2 Å². The Balaban J connectivity index is 0.00000135. The molecule has 1 aromatic rings. The van der Waals surface area contributed by atoms with Crippen molar-refractivity contribution < 1.29 is 4.52 Å². The lowest BCUT2D eigenvalue weighted by atomic mass is 9.52. The van der Waals surface area contributed by atoms with Gasteiger partial charge >= 0.3 is 0 Å². The molecule has 2 heterocycles. The first-order valence-corrected chi connectivity index (χ1v) is 9.02. The molecule has 5 nitrogen and oxygen atoms in total. The van der Waals surface area contributed by atoms with E-state index in [1.807, 2.05) is 0 Å². The molecule has 5 fully saturated rings. The van der Waals surface area contributed by atoms with E-state index in [4.69, 9.17) is 9.51 Å². The minimum Gasteiger partial charge on any atom is -0.339 e. The van der Waals surface area contributed by atoms with Crippen molar-refractivity contribution in [2.45, 2.75) is 44.1 Å². The van der Waals surface area contributed by atoms with Gasteiger partial charge in [0.15, 0.2) is 5.82 Å². The number of hydrogen-bond donors (Lipinski definition) is 1. The second-order valence-corrected chi connectivity index (χ2v) is 8.15. The summed E-state index contributed by atoms with van der Waals surface area (Å²) in [5.41, 5.74) is 0. The Labute approximate surface area is 144 Å². The Hall–Kier alpha value is -0.650. The fourth-order valence-electron chi connectivity index (χ4n) is 5.94. The van der Waals surface area contributed by atoms with Gasteiger partial charge in [-0.05, 0) is 62.8 Å². The molecule has 0 amide bonds. The van der Waals surface area contributed by atoms with Crippen LogP contribution in [0.15, 0.2) is 4.52 Å². The van der Waals surface area contributed by atoms with E-state index >= 15 is 0 Å². The van der Waals surface area contributed by atoms with Gasteiger partial charge in [0.1, 0.15) is 0 Å². The van der Waals surface area contributed by atoms with Gasteiger partial charge in [-0.1, -0.05) is 5.16 Å². The van der Waals surface area contributed by atoms with Crippen LogP contribution in [0.4, 0.5) is 0 Å². The standard InChI is InChI=1S/C17H26N4O.ClH/c1-21-3-2-18-9-14(21)16-19-17(22-20-16)15-12-5-10-4-11(7-12)8-13(15)6-10;/h10-15,18H,2-9H2,1H3;1H. The van der Waals surface area contributed by atoms with Crippen LogP contribution in [0.1, 0.15) is 55.8 Å². The van der Waals surface area contributed by atoms with Crippen LogP contribution in [0, 0.1) is 23.7 Å². The lowest BCUT2D eigenvalue weighted by molar-refractivity contribution is -0.0131. The zero-order chi connectivity index (χ0) is 14.7. The van der Waals surface area contributed by atoms with Crippen molar-refractivity contribution in [1.82, 2.24) is 20.4 Å². The number of nitrogens with zero attached hydrogens (tertiary/aromatic N) is 3. The predicted octanol–water partition coefficient (Wildman–Crippen LogP) is 2.61. The van der Waals surface area contributed by atoms with Crippen molar-refractivity contribution in [3.05, 3.63) is 11.7 Å². The molecule has 23 heavy (non-hydrogen) atoms. The quantitative estimate of drug-likeness (QED) is 0.898. The monoisotopic (exact) mass is 338 g/mol. The highest BCUT2D eigenvalue weighted by molar-refractivity contribution is 5.85. The van der Waals surface area contributed by atoms with Crippen molar-refractivity contribution >= 4 is 12.4 Å². The van der Waals surface area contributed by atoms with Crippen LogP contribution in [-0.4, -0.2) is 41.7 Å². The SMILES string of the molecule is CN1CCNCC1c1noc(C2C3CC4CC(C3)CC2C4)n1.Cl. The van der Waals surface area contributed by atoms with Crippen molar-refractivity contribution in [1.29, 1.82) is 0 Å². The summed E-state index contributed by atoms with van der Waals surface area (Å²) in [6.07, 6.45) is 7.11. The third-order valence-electron chi connectivity index (χ3n) is 6.78. The number of halogens is 1. The Bertz CT molecular complexity index is 535. The molecule has 6 heteroatoms. The molecule has 1 N–H and O–H groups in total. The first kappa shape index (κ1) is 15.9. The zero-order valence-corrected chi connectivity index (χ0v) is 14.6. The number of hydrogen-bond acceptors (Lipinski definition) is 5. The fourth-order valence-corrected chi connectivity index (χ4v) is 5.94. The number of rotatable bonds is 2. The van der Waals surface area contributed by atoms with Crippen LogP contribution in [0.3, 0.4) is 0 Å². The minimum absolute atomic E-state index is 0. The van der Waals surface area contributed by atoms with Gasteiger partial charge < -0.3 is 9.84 Å². The Morgan fingerprint density at radius 2 is 1.78 bits per heavy atom. The van der Waals surface area contributed by atoms with E-state index in [2.05, 4.69) is 22.4 Å². The van der Waals surface area contributed by atoms with Gasteiger partial charge in [0, 0.05) is 25.6 Å². The van der Waals surface area contributed by atoms with Crippen molar-refractivity contribution in [3.63, 3.8) is 0 Å². The summed E-state index contributed by atoms with van der Waals surface area (Å²) in [5, 5.41) is 7.80. The van der Waals surface area contributed by atoms with E-state index < -0.39 is 0 Å². The molecule has 1 unspecified atom stereocenters. The summed E-state index contributed by atoms with van der Waals surface area (Å²) >= 11 is 0. The molecule has 4 bridgehead atoms. The maximum atomic E-state index is 5.78. The molecule has 1 aliphatic heterocycles. The molecular formula is C17H27ClN4O. The maximum Gasteiger partial charge on any atom is 0.230 e. The molecular weight excluding hydrogens is 312 g/mol. The number of nitrogens with one attached hydrogen (secondary N) is 1. The van der Waals surface area contributed by atoms with Gasteiger partial charge in [-0.15, -0.1) is 12.4 Å². The number of piperazine rings is 1. The predicted molar refractivity (Wildman–Crippen MR) is 89.6 cm³/mol. The third-order valence-corrected chi connectivity index (χ3v) is 6.78. The van der Waals surface area contributed by atoms with Gasteiger partial charge in [-0.25, -0.2) is 0 Å². The molecule has 0 radical (unpaired) electrons. The van der Waals surface area contributed by atoms with E-state index in [-0.39, 0.29) is 18.4 Å². The summed E-state index contributed by atoms with van der Waals surface area (Å²) in [6, 6.07) is 0.267. The van der Waals surface area contributed by atoms with Crippen molar-refractivity contribution in [2.24, 2.45) is 23.7 Å². The summed E-state index contributed by atoms with van der Waals surface area (Å²) in [6.45, 7) is 3.02. The first-order valence-electron chi connectivity index (χ1n) is 9.02. The normalized spacial score (nSPS) is 42.7. The molecule has 1 aromatic heterocycles. The van der Waals surface area contributed by atoms with Crippen LogP contribution < -0.4 is 5.32 Å². The molecule has 128 valence electrons. The summed E-state index contributed by atoms with van der Waals surface area (Å²) in [4.78, 5) is 7.21. The van der Waals surface area contributed by atoms with Gasteiger partial charge in [-0.2, -0.15) is 4.98 Å². The highest BCUT2D eigenvalue weighted by Crippen LogP contribution is 2.59. The first-order chi connectivity index (χ1) is 10.8. The minimum atomic E-state index is 0. The number of aromatic nitrogens is 2. The average Bonchev–Trinajstić information content (AvgIpc) is 2.96. The summed E-state index contributed by atoms with van der Waals surface area (Å²) in [7, 11) is 2.16. The number of likely N-dealkylation sites (N-methyl/N-ethyl adjacent to an activating group) is 1. The molecule has 6 rings (SSSR count). The van der Waals surface area contributed by atoms with Gasteiger partial charge in [0.25, 0.3) is 0 Å². The second-order valence-electron chi connectivity index (χ2n) is 8.15. The van der Waals surface area contributed by atoms with Crippen molar-refractivity contribution in [2.75, 3.05) is 26.7 Å². The van der Waals surface area contributed by atoms with Crippen LogP contribution in [0.5, 0.6) is 0 Å². The van der Waals surface area contributed by atoms with E-state index in [1.54, 1.807) is 0 Å². The lowest BCUT2D eigenvalue weighted by Crippen LogP contribution is -2.44. The molecule has 1 saturated heterocycles. The van der Waals surface area contributed by atoms with Crippen LogP contribution >= 0.6 is 12.4 Å². The zero-order valence-electron chi connectivity index (χ0n) is 13.8. The largest absolute Gasteiger partial charge is 0.339 e. The van der Waals surface area contributed by atoms with Crippen LogP contribution in [0.25, 0.3) is 0 Å². The molecule has 1 atom stereocenters. The molecule has 0 aromatic carbocycles. The average molecular weight is 339 g/mol. The Morgan fingerprint density at radius 1 is 1.09 bits per heavy atom. The highest BCUT2D eigenvalue weighted by atomic mass is 35.5. The van der Waals surface area contributed by atoms with E-state index in [9.17, 15) is 0 Å². The Kier molecular flexibility index (Phi) is 4.14. The van der Waals surface area contributed by atoms with Gasteiger partial charge in [0.05, 0.1) is 6.04 Å². The Morgan fingerprint density at radius 3 is 2.43 bits per heavy atom. The van der Waals surface area contributed by atoms with E-state index in [1.165, 1.54) is 32.1 Å². The summed E-state index contributed by atoms with van der Waals surface area (Å²) < 4.78 is 5.78. The van der Waals surface area contributed by atoms with Crippen molar-refractivity contribution in [3.8, 4) is 0 Å². The second kappa shape index (κ2) is 6.01. The molecule has 0 spiro atoms. The summed E-state index contributed by atoms with van der Waals surface area (Å²) in [5.74, 6) is 6.00. The molecule has 4 aliphatic carbocycles. The maximum absolute atomic E-state index is 5.78. The highest BCUT2D eigenvalue weighted by Gasteiger charge is 2.50. The van der Waals surface area contributed by atoms with Crippen LogP contribution in [0.2, 0.25) is 0 Å². The van der Waals surface area contributed by atoms with Gasteiger partial charge in [-0.3, -0.25) is 4.90 Å². The van der Waals surface area contributed by atoms with E-state index in [0.29, 0.717) is 5.92 Å². The van der Waals surface area contributed by atoms with Gasteiger partial charge in [0.2, 0.25) is 5.89 Å². The lowest BCUT2D eigenvalue weighted by Gasteiger charge is -2.53. The van der Waals surface area contributed by atoms with E-state index in [0.717, 1.165) is 55.0 Å². The fraction of sp³-hybridized carbons (Fsp3) is 0.882. The van der Waals surface area contributed by atoms with Crippen LogP contribution in [-0.2, 0) is 0 Å². The smallest absolute Gasteiger partial charge is 0.230 e.